The number of pyridine rings is 1. The van der Waals surface area contributed by atoms with Crippen molar-refractivity contribution in [2.45, 2.75) is 25.6 Å². The molecule has 0 aliphatic carbocycles. The van der Waals surface area contributed by atoms with Crippen LogP contribution in [0.4, 0.5) is 9.52 Å². The largest absolute Gasteiger partial charge is 0.477 e. The average molecular weight is 498 g/mol. The van der Waals surface area contributed by atoms with Crippen molar-refractivity contribution >= 4 is 51.5 Å². The van der Waals surface area contributed by atoms with Gasteiger partial charge in [-0.2, -0.15) is 0 Å². The molecule has 1 aliphatic rings. The Hall–Kier alpha value is -2.69. The van der Waals surface area contributed by atoms with Crippen LogP contribution in [0.3, 0.4) is 0 Å². The number of aromatic nitrogens is 3. The lowest BCUT2D eigenvalue weighted by Crippen LogP contribution is -2.52. The van der Waals surface area contributed by atoms with E-state index in [0.717, 1.165) is 11.3 Å². The van der Waals surface area contributed by atoms with E-state index in [4.69, 9.17) is 23.2 Å². The number of hydrogen-bond donors (Lipinski definition) is 3. The quantitative estimate of drug-likeness (QED) is 0.487. The number of carbonyl (C=O) groups is 2. The van der Waals surface area contributed by atoms with Gasteiger partial charge in [-0.1, -0.05) is 40.6 Å². The van der Waals surface area contributed by atoms with Gasteiger partial charge in [0.15, 0.2) is 5.13 Å². The summed E-state index contributed by atoms with van der Waals surface area (Å²) in [6.45, 7) is 2.02. The Balaban J connectivity index is 1.48. The van der Waals surface area contributed by atoms with E-state index in [1.807, 2.05) is 0 Å². The van der Waals surface area contributed by atoms with Crippen LogP contribution in [-0.2, 0) is 0 Å². The summed E-state index contributed by atoms with van der Waals surface area (Å²) in [6.07, 6.45) is 0.462. The number of amides is 1. The Labute approximate surface area is 196 Å². The molecule has 3 aromatic heterocycles. The van der Waals surface area contributed by atoms with Gasteiger partial charge in [0.1, 0.15) is 22.4 Å². The van der Waals surface area contributed by atoms with Crippen LogP contribution in [0.25, 0.3) is 11.4 Å². The van der Waals surface area contributed by atoms with Crippen LogP contribution in [0, 0.1) is 6.92 Å². The molecule has 4 heterocycles. The van der Waals surface area contributed by atoms with Gasteiger partial charge in [0.25, 0.3) is 5.91 Å². The number of carboxylic acid groups (broad SMARTS) is 1. The van der Waals surface area contributed by atoms with Gasteiger partial charge >= 0.3 is 5.97 Å². The van der Waals surface area contributed by atoms with Crippen LogP contribution >= 0.6 is 34.5 Å². The number of rotatable bonds is 5. The van der Waals surface area contributed by atoms with E-state index < -0.39 is 24.1 Å². The molecule has 0 spiro atoms. The summed E-state index contributed by atoms with van der Waals surface area (Å²) >= 11 is 13.1. The molecule has 1 fully saturated rings. The Morgan fingerprint density at radius 3 is 2.72 bits per heavy atom. The number of nitrogens with one attached hydrogen (secondary N) is 2. The zero-order valence-corrected chi connectivity index (χ0v) is 19.1. The van der Waals surface area contributed by atoms with E-state index >= 15 is 0 Å². The molecular weight excluding hydrogens is 480 g/mol. The van der Waals surface area contributed by atoms with Crippen LogP contribution < -0.4 is 10.2 Å². The summed E-state index contributed by atoms with van der Waals surface area (Å²) in [5.41, 5.74) is 1.32. The summed E-state index contributed by atoms with van der Waals surface area (Å²) in [7, 11) is 0. The summed E-state index contributed by atoms with van der Waals surface area (Å²) in [4.78, 5) is 37.4. The van der Waals surface area contributed by atoms with Crippen molar-refractivity contribution in [1.29, 1.82) is 0 Å². The molecule has 3 N–H and O–H groups in total. The van der Waals surface area contributed by atoms with Crippen molar-refractivity contribution in [3.8, 4) is 11.4 Å². The molecule has 1 aliphatic heterocycles. The third-order valence-electron chi connectivity index (χ3n) is 5.13. The number of H-pyrrole nitrogens is 1. The summed E-state index contributed by atoms with van der Waals surface area (Å²) < 4.78 is 15.0. The molecule has 3 aromatic rings. The van der Waals surface area contributed by atoms with Gasteiger partial charge in [-0.15, -0.1) is 0 Å². The maximum atomic E-state index is 15.0. The topological polar surface area (TPSA) is 111 Å². The minimum atomic E-state index is -1.39. The number of aryl methyl sites for hydroxylation is 1. The molecule has 0 unspecified atom stereocenters. The van der Waals surface area contributed by atoms with Gasteiger partial charge in [0.2, 0.25) is 0 Å². The van der Waals surface area contributed by atoms with E-state index in [0.29, 0.717) is 29.5 Å². The standard InChI is InChI=1S/C20H18Cl2FN5O3S/c1-9-13(21)14(22)16(25-9)18(29)26-11-5-7-28(8-10(11)23)20-27-15(17(32-20)19(30)31)12-4-2-3-6-24-12/h2-4,6,10-11,25H,5,7-8H2,1H3,(H,26,29)(H,30,31)/t10-,11+/m0/s1. The van der Waals surface area contributed by atoms with Crippen LogP contribution in [0.15, 0.2) is 24.4 Å². The molecule has 0 bridgehead atoms. The van der Waals surface area contributed by atoms with Gasteiger partial charge in [-0.05, 0) is 25.5 Å². The first-order valence-corrected chi connectivity index (χ1v) is 11.2. The van der Waals surface area contributed by atoms with Crippen molar-refractivity contribution in [3.05, 3.63) is 50.7 Å². The second-order valence-corrected chi connectivity index (χ2v) is 9.01. The smallest absolute Gasteiger partial charge is 0.348 e. The summed E-state index contributed by atoms with van der Waals surface area (Å²) in [5.74, 6) is -1.66. The zero-order chi connectivity index (χ0) is 23.0. The highest BCUT2D eigenvalue weighted by atomic mass is 35.5. The minimum Gasteiger partial charge on any atom is -0.477 e. The number of aromatic carboxylic acids is 1. The Bertz CT molecular complexity index is 1170. The fraction of sp³-hybridized carbons (Fsp3) is 0.300. The molecule has 0 aromatic carbocycles. The summed E-state index contributed by atoms with van der Waals surface area (Å²) in [5, 5.41) is 13.0. The maximum Gasteiger partial charge on any atom is 0.348 e. The molecule has 1 amide bonds. The maximum absolute atomic E-state index is 15.0. The van der Waals surface area contributed by atoms with E-state index in [2.05, 4.69) is 20.3 Å². The fourth-order valence-corrected chi connectivity index (χ4v) is 4.84. The highest BCUT2D eigenvalue weighted by Crippen LogP contribution is 2.34. The average Bonchev–Trinajstić information content (AvgIpc) is 3.33. The number of thiazole rings is 1. The molecule has 4 rings (SSSR count). The second kappa shape index (κ2) is 9.05. The number of alkyl halides is 1. The monoisotopic (exact) mass is 497 g/mol. The number of hydrogen-bond acceptors (Lipinski definition) is 6. The Kier molecular flexibility index (Phi) is 6.36. The number of halogens is 3. The first kappa shape index (κ1) is 22.5. The number of nitrogens with zero attached hydrogens (tertiary/aromatic N) is 3. The molecule has 0 saturated carbocycles. The molecule has 2 atom stereocenters. The first-order chi connectivity index (χ1) is 15.3. The normalized spacial score (nSPS) is 18.6. The van der Waals surface area contributed by atoms with Crippen LogP contribution in [0.5, 0.6) is 0 Å². The number of carboxylic acids is 1. The first-order valence-electron chi connectivity index (χ1n) is 9.65. The van der Waals surface area contributed by atoms with E-state index in [1.165, 1.54) is 0 Å². The van der Waals surface area contributed by atoms with Gasteiger partial charge in [-0.25, -0.2) is 14.2 Å². The van der Waals surface area contributed by atoms with Crippen LogP contribution in [0.1, 0.15) is 32.3 Å². The summed E-state index contributed by atoms with van der Waals surface area (Å²) in [6, 6.07) is 4.40. The third kappa shape index (κ3) is 4.30. The molecule has 1 saturated heterocycles. The van der Waals surface area contributed by atoms with Gasteiger partial charge in [0, 0.05) is 18.4 Å². The molecular formula is C20H18Cl2FN5O3S. The molecule has 32 heavy (non-hydrogen) atoms. The van der Waals surface area contributed by atoms with Crippen molar-refractivity contribution in [1.82, 2.24) is 20.3 Å². The lowest BCUT2D eigenvalue weighted by atomic mass is 10.0. The third-order valence-corrected chi connectivity index (χ3v) is 7.18. The molecule has 168 valence electrons. The number of aromatic amines is 1. The minimum absolute atomic E-state index is 0.0400. The highest BCUT2D eigenvalue weighted by molar-refractivity contribution is 7.17. The van der Waals surface area contributed by atoms with E-state index in [-0.39, 0.29) is 32.9 Å². The Morgan fingerprint density at radius 1 is 1.34 bits per heavy atom. The molecule has 0 radical (unpaired) electrons. The fourth-order valence-electron chi connectivity index (χ4n) is 3.48. The van der Waals surface area contributed by atoms with Gasteiger partial charge in [-0.3, -0.25) is 9.78 Å². The predicted octanol–water partition coefficient (Wildman–Crippen LogP) is 4.19. The number of piperidine rings is 1. The molecule has 8 nitrogen and oxygen atoms in total. The number of carbonyl (C=O) groups excluding carboxylic acids is 1. The van der Waals surface area contributed by atoms with Crippen LogP contribution in [0.2, 0.25) is 10.0 Å². The lowest BCUT2D eigenvalue weighted by molar-refractivity contribution is 0.0702. The SMILES string of the molecule is Cc1[nH]c(C(=O)N[C@@H]2CCN(c3nc(-c4ccccn4)c(C(=O)O)s3)C[C@@H]2F)c(Cl)c1Cl. The van der Waals surface area contributed by atoms with Crippen LogP contribution in [-0.4, -0.2) is 57.2 Å². The highest BCUT2D eigenvalue weighted by Gasteiger charge is 2.34. The Morgan fingerprint density at radius 2 is 2.12 bits per heavy atom. The van der Waals surface area contributed by atoms with Crippen molar-refractivity contribution in [2.24, 2.45) is 0 Å². The van der Waals surface area contributed by atoms with Crippen molar-refractivity contribution in [3.63, 3.8) is 0 Å². The zero-order valence-electron chi connectivity index (χ0n) is 16.7. The van der Waals surface area contributed by atoms with Crippen molar-refractivity contribution < 1.29 is 19.1 Å². The van der Waals surface area contributed by atoms with Crippen molar-refractivity contribution in [2.75, 3.05) is 18.0 Å². The van der Waals surface area contributed by atoms with E-state index in [9.17, 15) is 19.1 Å². The predicted molar refractivity (Wildman–Crippen MR) is 121 cm³/mol. The second-order valence-electron chi connectivity index (χ2n) is 7.28. The number of anilines is 1. The van der Waals surface area contributed by atoms with Gasteiger partial charge < -0.3 is 20.3 Å². The molecule has 12 heteroatoms. The van der Waals surface area contributed by atoms with E-state index in [1.54, 1.807) is 36.2 Å². The van der Waals surface area contributed by atoms with Gasteiger partial charge in [0.05, 0.1) is 28.3 Å². The lowest BCUT2D eigenvalue weighted by Gasteiger charge is -2.34.